The van der Waals surface area contributed by atoms with E-state index in [2.05, 4.69) is 0 Å². The number of fused-ring (bicyclic) bond motifs is 1. The van der Waals surface area contributed by atoms with Gasteiger partial charge in [0.2, 0.25) is 0 Å². The number of ether oxygens (including phenoxy) is 1. The molecule has 0 aliphatic carbocycles. The lowest BCUT2D eigenvalue weighted by Gasteiger charge is -2.27. The number of amides is 2. The summed E-state index contributed by atoms with van der Waals surface area (Å²) in [6, 6.07) is 32.4. The van der Waals surface area contributed by atoms with Gasteiger partial charge in [-0.1, -0.05) is 97.1 Å². The van der Waals surface area contributed by atoms with Crippen LogP contribution in [-0.4, -0.2) is 40.7 Å². The Balaban J connectivity index is 1.30. The number of esters is 1. The Bertz CT molecular complexity index is 1630. The summed E-state index contributed by atoms with van der Waals surface area (Å²) >= 11 is 0. The molecule has 0 aromatic heterocycles. The predicted octanol–water partition coefficient (Wildman–Crippen LogP) is 4.16. The van der Waals surface area contributed by atoms with Crippen LogP contribution in [0, 0.1) is 0 Å². The van der Waals surface area contributed by atoms with Crippen LogP contribution in [0.25, 0.3) is 0 Å². The molecule has 204 valence electrons. The van der Waals surface area contributed by atoms with Crippen molar-refractivity contribution in [2.75, 3.05) is 7.11 Å². The summed E-state index contributed by atoms with van der Waals surface area (Å²) in [6.45, 7) is 0.414. The second-order valence-electron chi connectivity index (χ2n) is 10.1. The summed E-state index contributed by atoms with van der Waals surface area (Å²) in [5.41, 5.74) is 9.28. The molecule has 2 aliphatic rings. The number of hydrogen-bond donors (Lipinski definition) is 1. The number of aliphatic imine (C=N–C) groups is 1. The number of benzene rings is 4. The van der Waals surface area contributed by atoms with Gasteiger partial charge >= 0.3 is 5.97 Å². The number of carbonyl (C=O) groups excluding carboxylic acids is 3. The maximum absolute atomic E-state index is 14.2. The molecular formula is C33H28N4O4. The molecule has 2 amide bonds. The van der Waals surface area contributed by atoms with Crippen LogP contribution in [0.3, 0.4) is 0 Å². The highest BCUT2D eigenvalue weighted by Gasteiger charge is 2.50. The van der Waals surface area contributed by atoms with Crippen molar-refractivity contribution in [3.8, 4) is 0 Å². The standard InChI is InChI=1S/C33H28N4O4/c1-41-30(39)28-27-18-9-8-12-24(27)21-36(28)29(38)23-13-10-11-22(19-23)20-37-31(40)33(35-32(37)34,25-14-4-2-5-15-25)26-16-6-3-7-17-26/h2-19,28H,20-21H2,1H3,(H2,34,35). The zero-order valence-corrected chi connectivity index (χ0v) is 22.4. The van der Waals surface area contributed by atoms with E-state index in [1.165, 1.54) is 16.9 Å². The Hall–Kier alpha value is -5.24. The van der Waals surface area contributed by atoms with E-state index in [1.807, 2.05) is 91.0 Å². The molecular weight excluding hydrogens is 516 g/mol. The molecule has 4 aromatic rings. The van der Waals surface area contributed by atoms with Gasteiger partial charge in [0.1, 0.15) is 0 Å². The van der Waals surface area contributed by atoms with Crippen LogP contribution < -0.4 is 5.73 Å². The van der Waals surface area contributed by atoms with E-state index in [4.69, 9.17) is 15.5 Å². The lowest BCUT2D eigenvalue weighted by molar-refractivity contribution is -0.146. The number of guanidine groups is 1. The molecule has 2 N–H and O–H groups in total. The largest absolute Gasteiger partial charge is 0.467 e. The van der Waals surface area contributed by atoms with Gasteiger partial charge in [-0.05, 0) is 39.9 Å². The normalized spacial score (nSPS) is 17.2. The van der Waals surface area contributed by atoms with Crippen LogP contribution in [0.15, 0.2) is 114 Å². The summed E-state index contributed by atoms with van der Waals surface area (Å²) in [7, 11) is 1.32. The van der Waals surface area contributed by atoms with Crippen molar-refractivity contribution in [1.82, 2.24) is 9.80 Å². The number of hydrogen-bond acceptors (Lipinski definition) is 6. The molecule has 1 unspecified atom stereocenters. The molecule has 0 fully saturated rings. The molecule has 2 aliphatic heterocycles. The lowest BCUT2D eigenvalue weighted by Crippen LogP contribution is -2.43. The first-order chi connectivity index (χ1) is 19.9. The van der Waals surface area contributed by atoms with Crippen molar-refractivity contribution in [2.45, 2.75) is 24.7 Å². The minimum absolute atomic E-state index is 0.0974. The third kappa shape index (κ3) is 4.34. The molecule has 0 spiro atoms. The molecule has 2 heterocycles. The van der Waals surface area contributed by atoms with Crippen LogP contribution in [0.2, 0.25) is 0 Å². The SMILES string of the molecule is COC(=O)C1c2ccccc2CN1C(=O)c1cccc(CN2C(=O)C(c3ccccc3)(c3ccccc3)N=C2N)c1. The number of nitrogens with zero attached hydrogens (tertiary/aromatic N) is 3. The zero-order valence-electron chi connectivity index (χ0n) is 22.4. The van der Waals surface area contributed by atoms with E-state index >= 15 is 0 Å². The van der Waals surface area contributed by atoms with Crippen LogP contribution in [0.4, 0.5) is 0 Å². The Morgan fingerprint density at radius 1 is 0.902 bits per heavy atom. The summed E-state index contributed by atoms with van der Waals surface area (Å²) in [4.78, 5) is 48.3. The van der Waals surface area contributed by atoms with E-state index in [-0.39, 0.29) is 24.3 Å². The summed E-state index contributed by atoms with van der Waals surface area (Å²) in [6.07, 6.45) is 0. The topological polar surface area (TPSA) is 105 Å². The first kappa shape index (κ1) is 26.0. The Morgan fingerprint density at radius 2 is 1.54 bits per heavy atom. The molecule has 0 saturated carbocycles. The van der Waals surface area contributed by atoms with Crippen LogP contribution in [0.5, 0.6) is 0 Å². The number of rotatable bonds is 6. The molecule has 8 nitrogen and oxygen atoms in total. The van der Waals surface area contributed by atoms with E-state index in [1.54, 1.807) is 18.2 Å². The predicted molar refractivity (Wildman–Crippen MR) is 153 cm³/mol. The third-order valence-electron chi connectivity index (χ3n) is 7.70. The van der Waals surface area contributed by atoms with Gasteiger partial charge in [-0.2, -0.15) is 0 Å². The number of carbonyl (C=O) groups is 3. The second kappa shape index (κ2) is 10.4. The molecule has 0 radical (unpaired) electrons. The van der Waals surface area contributed by atoms with Gasteiger partial charge in [0.05, 0.1) is 13.7 Å². The number of methoxy groups -OCH3 is 1. The second-order valence-corrected chi connectivity index (χ2v) is 10.1. The quantitative estimate of drug-likeness (QED) is 0.367. The maximum Gasteiger partial charge on any atom is 0.333 e. The van der Waals surface area contributed by atoms with Crippen molar-refractivity contribution in [3.05, 3.63) is 143 Å². The van der Waals surface area contributed by atoms with Crippen LogP contribution in [-0.2, 0) is 33.0 Å². The van der Waals surface area contributed by atoms with Crippen molar-refractivity contribution in [3.63, 3.8) is 0 Å². The van der Waals surface area contributed by atoms with Gasteiger partial charge in [0.15, 0.2) is 17.5 Å². The molecule has 41 heavy (non-hydrogen) atoms. The average Bonchev–Trinajstić information content (AvgIpc) is 3.53. The first-order valence-corrected chi connectivity index (χ1v) is 13.3. The highest BCUT2D eigenvalue weighted by molar-refractivity contribution is 6.09. The molecule has 0 bridgehead atoms. The zero-order chi connectivity index (χ0) is 28.6. The van der Waals surface area contributed by atoms with Gasteiger partial charge in [-0.3, -0.25) is 14.5 Å². The van der Waals surface area contributed by atoms with Gasteiger partial charge < -0.3 is 15.4 Å². The van der Waals surface area contributed by atoms with E-state index in [0.29, 0.717) is 28.8 Å². The van der Waals surface area contributed by atoms with Crippen molar-refractivity contribution in [2.24, 2.45) is 10.7 Å². The van der Waals surface area contributed by atoms with Gasteiger partial charge in [-0.15, -0.1) is 0 Å². The van der Waals surface area contributed by atoms with Crippen molar-refractivity contribution >= 4 is 23.7 Å². The fraction of sp³-hybridized carbons (Fsp3) is 0.152. The smallest absolute Gasteiger partial charge is 0.333 e. The van der Waals surface area contributed by atoms with Crippen LogP contribution >= 0.6 is 0 Å². The highest BCUT2D eigenvalue weighted by Crippen LogP contribution is 2.40. The Morgan fingerprint density at radius 3 is 2.20 bits per heavy atom. The lowest BCUT2D eigenvalue weighted by atomic mass is 9.83. The monoisotopic (exact) mass is 544 g/mol. The molecule has 0 saturated heterocycles. The van der Waals surface area contributed by atoms with E-state index < -0.39 is 17.6 Å². The van der Waals surface area contributed by atoms with Gasteiger partial charge in [0.25, 0.3) is 11.8 Å². The Kier molecular flexibility index (Phi) is 6.59. The van der Waals surface area contributed by atoms with E-state index in [0.717, 1.165) is 11.1 Å². The third-order valence-corrected chi connectivity index (χ3v) is 7.70. The summed E-state index contributed by atoms with van der Waals surface area (Å²) in [5, 5.41) is 0. The highest BCUT2D eigenvalue weighted by atomic mass is 16.5. The fourth-order valence-corrected chi connectivity index (χ4v) is 5.73. The van der Waals surface area contributed by atoms with E-state index in [9.17, 15) is 14.4 Å². The molecule has 1 atom stereocenters. The number of nitrogens with two attached hydrogens (primary N) is 1. The Labute approximate surface area is 237 Å². The van der Waals surface area contributed by atoms with Crippen LogP contribution in [0.1, 0.15) is 44.2 Å². The molecule has 8 heteroatoms. The fourth-order valence-electron chi connectivity index (χ4n) is 5.73. The van der Waals surface area contributed by atoms with Crippen molar-refractivity contribution < 1.29 is 19.1 Å². The van der Waals surface area contributed by atoms with Gasteiger partial charge in [0, 0.05) is 12.1 Å². The summed E-state index contributed by atoms with van der Waals surface area (Å²) < 4.78 is 5.03. The first-order valence-electron chi connectivity index (χ1n) is 13.3. The summed E-state index contributed by atoms with van der Waals surface area (Å²) in [5.74, 6) is -0.981. The molecule has 6 rings (SSSR count). The minimum Gasteiger partial charge on any atom is -0.467 e. The van der Waals surface area contributed by atoms with Gasteiger partial charge in [-0.25, -0.2) is 9.79 Å². The van der Waals surface area contributed by atoms with Crippen molar-refractivity contribution in [1.29, 1.82) is 0 Å². The average molecular weight is 545 g/mol. The molecule has 4 aromatic carbocycles. The minimum atomic E-state index is -1.31. The maximum atomic E-state index is 14.2.